The Morgan fingerprint density at radius 3 is 2.68 bits per heavy atom. The topological polar surface area (TPSA) is 92.2 Å². The maximum Gasteiger partial charge on any atom is 0.307 e. The Morgan fingerprint density at radius 1 is 1.32 bits per heavy atom. The lowest BCUT2D eigenvalue weighted by atomic mass is 9.79. The van der Waals surface area contributed by atoms with E-state index in [1.807, 2.05) is 0 Å². The number of hydrogen-bond acceptors (Lipinski definition) is 4. The first-order chi connectivity index (χ1) is 9.18. The summed E-state index contributed by atoms with van der Waals surface area (Å²) in [5.41, 5.74) is 0.714. The summed E-state index contributed by atoms with van der Waals surface area (Å²) in [5, 5.41) is 11.9. The van der Waals surface area contributed by atoms with Gasteiger partial charge in [0.25, 0.3) is 0 Å². The molecule has 2 rings (SSSR count). The van der Waals surface area contributed by atoms with E-state index in [4.69, 9.17) is 5.11 Å². The molecular weight excluding hydrogens is 246 g/mol. The molecule has 2 N–H and O–H groups in total. The third-order valence-electron chi connectivity index (χ3n) is 3.51. The highest BCUT2D eigenvalue weighted by atomic mass is 16.4. The molecule has 1 aromatic heterocycles. The number of carbonyl (C=O) groups is 2. The van der Waals surface area contributed by atoms with E-state index in [9.17, 15) is 9.59 Å². The molecule has 1 heterocycles. The summed E-state index contributed by atoms with van der Waals surface area (Å²) >= 11 is 0. The fourth-order valence-corrected chi connectivity index (χ4v) is 2.47. The fourth-order valence-electron chi connectivity index (χ4n) is 2.47. The van der Waals surface area contributed by atoms with Crippen LogP contribution in [0.15, 0.2) is 18.6 Å². The van der Waals surface area contributed by atoms with Gasteiger partial charge < -0.3 is 10.4 Å². The summed E-state index contributed by atoms with van der Waals surface area (Å²) in [6.07, 6.45) is 6.05. The van der Waals surface area contributed by atoms with Crippen molar-refractivity contribution in [3.8, 4) is 0 Å². The first-order valence-electron chi connectivity index (χ1n) is 6.44. The number of hydrogen-bond donors (Lipinski definition) is 2. The van der Waals surface area contributed by atoms with E-state index >= 15 is 0 Å². The van der Waals surface area contributed by atoms with Crippen LogP contribution in [0.25, 0.3) is 0 Å². The van der Waals surface area contributed by atoms with Crippen LogP contribution in [-0.2, 0) is 16.1 Å². The predicted octanol–water partition coefficient (Wildman–Crippen LogP) is 0.984. The van der Waals surface area contributed by atoms with Crippen LogP contribution in [0, 0.1) is 11.8 Å². The highest BCUT2D eigenvalue weighted by Crippen LogP contribution is 2.30. The second kappa shape index (κ2) is 6.26. The third kappa shape index (κ3) is 3.49. The molecular formula is C13H17N3O3. The molecule has 0 aromatic carbocycles. The Bertz CT molecular complexity index is 450. The number of aromatic nitrogens is 2. The average molecular weight is 263 g/mol. The summed E-state index contributed by atoms with van der Waals surface area (Å²) < 4.78 is 0. The SMILES string of the molecule is O=C(O)[C@H]1CCCC[C@H]1C(=O)NCc1ccncn1. The maximum atomic E-state index is 12.1. The molecule has 1 aliphatic rings. The quantitative estimate of drug-likeness (QED) is 0.845. The lowest BCUT2D eigenvalue weighted by Gasteiger charge is -2.27. The van der Waals surface area contributed by atoms with Gasteiger partial charge in [0.1, 0.15) is 6.33 Å². The van der Waals surface area contributed by atoms with Gasteiger partial charge in [-0.2, -0.15) is 0 Å². The van der Waals surface area contributed by atoms with Gasteiger partial charge in [0.15, 0.2) is 0 Å². The molecule has 6 nitrogen and oxygen atoms in total. The largest absolute Gasteiger partial charge is 0.481 e. The minimum atomic E-state index is -0.873. The van der Waals surface area contributed by atoms with Gasteiger partial charge in [0.2, 0.25) is 5.91 Å². The molecule has 0 bridgehead atoms. The summed E-state index contributed by atoms with van der Waals surface area (Å²) in [6.45, 7) is 0.310. The average Bonchev–Trinajstić information content (AvgIpc) is 2.46. The van der Waals surface area contributed by atoms with Crippen molar-refractivity contribution in [2.24, 2.45) is 11.8 Å². The van der Waals surface area contributed by atoms with Crippen molar-refractivity contribution in [3.63, 3.8) is 0 Å². The van der Waals surface area contributed by atoms with Gasteiger partial charge in [-0.3, -0.25) is 9.59 Å². The molecule has 1 aromatic rings. The van der Waals surface area contributed by atoms with Crippen LogP contribution >= 0.6 is 0 Å². The summed E-state index contributed by atoms with van der Waals surface area (Å²) in [7, 11) is 0. The Morgan fingerprint density at radius 2 is 2.05 bits per heavy atom. The van der Waals surface area contributed by atoms with Crippen LogP contribution < -0.4 is 5.32 Å². The fraction of sp³-hybridized carbons (Fsp3) is 0.538. The van der Waals surface area contributed by atoms with E-state index in [1.165, 1.54) is 6.33 Å². The Balaban J connectivity index is 1.93. The van der Waals surface area contributed by atoms with E-state index in [0.29, 0.717) is 25.1 Å². The molecule has 0 aliphatic heterocycles. The summed E-state index contributed by atoms with van der Waals surface area (Å²) in [5.74, 6) is -2.04. The third-order valence-corrected chi connectivity index (χ3v) is 3.51. The van der Waals surface area contributed by atoms with Crippen LogP contribution in [0.5, 0.6) is 0 Å². The molecule has 2 atom stereocenters. The van der Waals surface area contributed by atoms with Crippen LogP contribution in [0.4, 0.5) is 0 Å². The number of nitrogens with one attached hydrogen (secondary N) is 1. The molecule has 0 spiro atoms. The van der Waals surface area contributed by atoms with E-state index in [1.54, 1.807) is 12.3 Å². The molecule has 102 valence electrons. The standard InChI is InChI=1S/C13H17N3O3/c17-12(15-7-9-5-6-14-8-16-9)10-3-1-2-4-11(10)13(18)19/h5-6,8,10-11H,1-4,7H2,(H,15,17)(H,18,19)/t10-,11+/m1/s1. The second-order valence-corrected chi connectivity index (χ2v) is 4.75. The van der Waals surface area contributed by atoms with Crippen molar-refractivity contribution in [2.75, 3.05) is 0 Å². The van der Waals surface area contributed by atoms with Crippen molar-refractivity contribution in [1.29, 1.82) is 0 Å². The lowest BCUT2D eigenvalue weighted by Crippen LogP contribution is -2.39. The zero-order chi connectivity index (χ0) is 13.7. The number of carboxylic acids is 1. The smallest absolute Gasteiger partial charge is 0.307 e. The molecule has 0 radical (unpaired) electrons. The predicted molar refractivity (Wildman–Crippen MR) is 67.0 cm³/mol. The first kappa shape index (κ1) is 13.5. The zero-order valence-corrected chi connectivity index (χ0v) is 10.6. The van der Waals surface area contributed by atoms with E-state index in [-0.39, 0.29) is 5.91 Å². The van der Waals surface area contributed by atoms with Crippen molar-refractivity contribution < 1.29 is 14.7 Å². The van der Waals surface area contributed by atoms with Crippen molar-refractivity contribution in [1.82, 2.24) is 15.3 Å². The molecule has 1 aliphatic carbocycles. The number of rotatable bonds is 4. The maximum absolute atomic E-state index is 12.1. The summed E-state index contributed by atoms with van der Waals surface area (Å²) in [6, 6.07) is 1.72. The van der Waals surface area contributed by atoms with Crippen LogP contribution in [0.1, 0.15) is 31.4 Å². The van der Waals surface area contributed by atoms with Gasteiger partial charge in [0.05, 0.1) is 24.1 Å². The van der Waals surface area contributed by atoms with Crippen molar-refractivity contribution in [3.05, 3.63) is 24.3 Å². The highest BCUT2D eigenvalue weighted by molar-refractivity contribution is 5.84. The number of aliphatic carboxylic acids is 1. The molecule has 1 saturated carbocycles. The number of carbonyl (C=O) groups excluding carboxylic acids is 1. The molecule has 6 heteroatoms. The van der Waals surface area contributed by atoms with Gasteiger partial charge in [-0.25, -0.2) is 9.97 Å². The number of amides is 1. The highest BCUT2D eigenvalue weighted by Gasteiger charge is 2.35. The van der Waals surface area contributed by atoms with Gasteiger partial charge in [0, 0.05) is 6.20 Å². The first-order valence-corrected chi connectivity index (χ1v) is 6.44. The van der Waals surface area contributed by atoms with Crippen LogP contribution in [0.3, 0.4) is 0 Å². The van der Waals surface area contributed by atoms with Crippen molar-refractivity contribution >= 4 is 11.9 Å². The normalized spacial score (nSPS) is 22.7. The molecule has 0 saturated heterocycles. The van der Waals surface area contributed by atoms with E-state index in [2.05, 4.69) is 15.3 Å². The summed E-state index contributed by atoms with van der Waals surface area (Å²) in [4.78, 5) is 31.0. The van der Waals surface area contributed by atoms with Crippen LogP contribution in [-0.4, -0.2) is 27.0 Å². The monoisotopic (exact) mass is 263 g/mol. The second-order valence-electron chi connectivity index (χ2n) is 4.75. The van der Waals surface area contributed by atoms with Crippen LogP contribution in [0.2, 0.25) is 0 Å². The Labute approximate surface area is 111 Å². The zero-order valence-electron chi connectivity index (χ0n) is 10.6. The Kier molecular flexibility index (Phi) is 4.43. The minimum Gasteiger partial charge on any atom is -0.481 e. The van der Waals surface area contributed by atoms with Gasteiger partial charge in [-0.15, -0.1) is 0 Å². The van der Waals surface area contributed by atoms with Gasteiger partial charge in [-0.05, 0) is 18.9 Å². The Hall–Kier alpha value is -1.98. The number of nitrogens with zero attached hydrogens (tertiary/aromatic N) is 2. The lowest BCUT2D eigenvalue weighted by molar-refractivity contribution is -0.148. The van der Waals surface area contributed by atoms with Crippen molar-refractivity contribution in [2.45, 2.75) is 32.2 Å². The van der Waals surface area contributed by atoms with E-state index < -0.39 is 17.8 Å². The van der Waals surface area contributed by atoms with Gasteiger partial charge >= 0.3 is 5.97 Å². The molecule has 0 unspecified atom stereocenters. The molecule has 1 fully saturated rings. The number of carboxylic acid groups (broad SMARTS) is 1. The van der Waals surface area contributed by atoms with E-state index in [0.717, 1.165) is 12.8 Å². The van der Waals surface area contributed by atoms with Gasteiger partial charge in [-0.1, -0.05) is 12.8 Å². The molecule has 1 amide bonds. The molecule has 19 heavy (non-hydrogen) atoms. The minimum absolute atomic E-state index is 0.189.